The SMILES string of the molecule is O=[N+]([O-])C(C=Nc1ccccc1I)C=Nc1ccccc1I. The van der Waals surface area contributed by atoms with Crippen molar-refractivity contribution in [2.75, 3.05) is 0 Å². The Labute approximate surface area is 155 Å². The summed E-state index contributed by atoms with van der Waals surface area (Å²) < 4.78 is 1.88. The van der Waals surface area contributed by atoms with Crippen LogP contribution >= 0.6 is 45.2 Å². The van der Waals surface area contributed by atoms with E-state index in [1.165, 1.54) is 12.4 Å². The van der Waals surface area contributed by atoms with Crippen LogP contribution in [-0.2, 0) is 0 Å². The quantitative estimate of drug-likeness (QED) is 0.250. The number of benzene rings is 2. The molecule has 0 fully saturated rings. The molecule has 2 aromatic carbocycles. The molecule has 2 aromatic rings. The van der Waals surface area contributed by atoms with Gasteiger partial charge >= 0.3 is 0 Å². The van der Waals surface area contributed by atoms with E-state index in [2.05, 4.69) is 55.2 Å². The maximum Gasteiger partial charge on any atom is 0.282 e. The summed E-state index contributed by atoms with van der Waals surface area (Å²) in [6, 6.07) is 13.8. The van der Waals surface area contributed by atoms with Gasteiger partial charge in [-0.05, 0) is 69.4 Å². The summed E-state index contributed by atoms with van der Waals surface area (Å²) in [5, 5.41) is 11.1. The van der Waals surface area contributed by atoms with Crippen molar-refractivity contribution < 1.29 is 4.92 Å². The highest BCUT2D eigenvalue weighted by atomic mass is 127. The minimum Gasteiger partial charge on any atom is -0.263 e. The zero-order valence-corrected chi connectivity index (χ0v) is 15.6. The van der Waals surface area contributed by atoms with Crippen molar-refractivity contribution in [1.29, 1.82) is 0 Å². The highest BCUT2D eigenvalue weighted by Crippen LogP contribution is 2.21. The first-order valence-electron chi connectivity index (χ1n) is 6.29. The fraction of sp³-hybridized carbons (Fsp3) is 0.0667. The molecule has 0 unspecified atom stereocenters. The van der Waals surface area contributed by atoms with E-state index in [1.807, 2.05) is 48.5 Å². The lowest BCUT2D eigenvalue weighted by molar-refractivity contribution is -0.482. The Morgan fingerprint density at radius 2 is 1.32 bits per heavy atom. The lowest BCUT2D eigenvalue weighted by atomic mass is 10.3. The predicted octanol–water partition coefficient (Wildman–Crippen LogP) is 4.65. The third-order valence-electron chi connectivity index (χ3n) is 2.68. The van der Waals surface area contributed by atoms with Gasteiger partial charge in [0.2, 0.25) is 0 Å². The minimum absolute atomic E-state index is 0.418. The van der Waals surface area contributed by atoms with E-state index in [9.17, 15) is 10.1 Å². The Balaban J connectivity index is 2.19. The molecule has 22 heavy (non-hydrogen) atoms. The number of hydrogen-bond donors (Lipinski definition) is 0. The molecule has 0 N–H and O–H groups in total. The van der Waals surface area contributed by atoms with Gasteiger partial charge in [0.25, 0.3) is 6.04 Å². The molecule has 0 aliphatic rings. The van der Waals surface area contributed by atoms with Crippen molar-refractivity contribution >= 4 is 69.0 Å². The summed E-state index contributed by atoms with van der Waals surface area (Å²) in [5.41, 5.74) is 1.41. The largest absolute Gasteiger partial charge is 0.282 e. The van der Waals surface area contributed by atoms with Gasteiger partial charge in [0.15, 0.2) is 0 Å². The van der Waals surface area contributed by atoms with Crippen molar-refractivity contribution in [3.8, 4) is 0 Å². The molecule has 7 heteroatoms. The van der Waals surface area contributed by atoms with Gasteiger partial charge in [0, 0.05) is 12.1 Å². The highest BCUT2D eigenvalue weighted by molar-refractivity contribution is 14.1. The summed E-state index contributed by atoms with van der Waals surface area (Å²) in [7, 11) is 0. The Morgan fingerprint density at radius 3 is 1.68 bits per heavy atom. The molecule has 0 aliphatic carbocycles. The molecule has 0 radical (unpaired) electrons. The summed E-state index contributed by atoms with van der Waals surface area (Å²) in [6.07, 6.45) is 2.60. The van der Waals surface area contributed by atoms with Crippen LogP contribution in [0.3, 0.4) is 0 Å². The summed E-state index contributed by atoms with van der Waals surface area (Å²) in [6.45, 7) is 0. The van der Waals surface area contributed by atoms with Crippen LogP contribution in [0.2, 0.25) is 0 Å². The van der Waals surface area contributed by atoms with Gasteiger partial charge in [-0.1, -0.05) is 24.3 Å². The Bertz CT molecular complexity index is 677. The van der Waals surface area contributed by atoms with Crippen molar-refractivity contribution in [2.45, 2.75) is 6.04 Å². The molecule has 0 aliphatic heterocycles. The Hall–Kier alpha value is -1.36. The second-order valence-electron chi connectivity index (χ2n) is 4.24. The molecule has 0 atom stereocenters. The molecule has 0 spiro atoms. The van der Waals surface area contributed by atoms with E-state index in [0.29, 0.717) is 11.4 Å². The zero-order chi connectivity index (χ0) is 15.9. The maximum atomic E-state index is 11.1. The van der Waals surface area contributed by atoms with Gasteiger partial charge < -0.3 is 0 Å². The molecule has 0 amide bonds. The predicted molar refractivity (Wildman–Crippen MR) is 105 cm³/mol. The van der Waals surface area contributed by atoms with E-state index in [1.54, 1.807) is 0 Å². The van der Waals surface area contributed by atoms with Crippen molar-refractivity contribution in [3.05, 3.63) is 65.8 Å². The molecule has 112 valence electrons. The van der Waals surface area contributed by atoms with Crippen molar-refractivity contribution in [3.63, 3.8) is 0 Å². The number of rotatable bonds is 5. The second kappa shape index (κ2) is 8.32. The average Bonchev–Trinajstić information content (AvgIpc) is 2.50. The molecule has 0 bridgehead atoms. The number of nitro groups is 1. The molecular formula is C15H11I2N3O2. The summed E-state index contributed by atoms with van der Waals surface area (Å²) >= 11 is 4.28. The van der Waals surface area contributed by atoms with E-state index < -0.39 is 11.0 Å². The minimum atomic E-state index is -1.06. The summed E-state index contributed by atoms with van der Waals surface area (Å²) in [4.78, 5) is 19.1. The van der Waals surface area contributed by atoms with Crippen LogP contribution in [0.1, 0.15) is 0 Å². The second-order valence-corrected chi connectivity index (χ2v) is 6.56. The van der Waals surface area contributed by atoms with Gasteiger partial charge in [-0.2, -0.15) is 0 Å². The normalized spacial score (nSPS) is 12.8. The number of halogens is 2. The molecule has 2 rings (SSSR count). The Morgan fingerprint density at radius 1 is 0.909 bits per heavy atom. The van der Waals surface area contributed by atoms with Crippen molar-refractivity contribution in [2.24, 2.45) is 9.98 Å². The molecule has 0 aromatic heterocycles. The first-order valence-corrected chi connectivity index (χ1v) is 8.44. The van der Waals surface area contributed by atoms with E-state index >= 15 is 0 Å². The number of nitrogens with zero attached hydrogens (tertiary/aromatic N) is 3. The van der Waals surface area contributed by atoms with E-state index in [4.69, 9.17) is 0 Å². The van der Waals surface area contributed by atoms with E-state index in [0.717, 1.165) is 7.14 Å². The van der Waals surface area contributed by atoms with E-state index in [-0.39, 0.29) is 0 Å². The van der Waals surface area contributed by atoms with Gasteiger partial charge in [-0.15, -0.1) is 0 Å². The number of aliphatic imine (C=N–C) groups is 2. The van der Waals surface area contributed by atoms with Gasteiger partial charge in [-0.25, -0.2) is 0 Å². The lowest BCUT2D eigenvalue weighted by Crippen LogP contribution is -2.22. The van der Waals surface area contributed by atoms with Gasteiger partial charge in [0.05, 0.1) is 23.8 Å². The highest BCUT2D eigenvalue weighted by Gasteiger charge is 2.14. The molecular weight excluding hydrogens is 508 g/mol. The standard InChI is InChI=1S/C15H11I2N3O2/c16-12-5-1-3-7-14(12)18-9-11(20(21)22)10-19-15-8-4-2-6-13(15)17/h1-11H. The van der Waals surface area contributed by atoms with Gasteiger partial charge in [-0.3, -0.25) is 20.1 Å². The zero-order valence-electron chi connectivity index (χ0n) is 11.3. The van der Waals surface area contributed by atoms with Crippen LogP contribution < -0.4 is 0 Å². The van der Waals surface area contributed by atoms with Crippen LogP contribution in [0, 0.1) is 17.3 Å². The van der Waals surface area contributed by atoms with Crippen LogP contribution in [0.4, 0.5) is 11.4 Å². The van der Waals surface area contributed by atoms with Crippen LogP contribution in [0.25, 0.3) is 0 Å². The third-order valence-corrected chi connectivity index (χ3v) is 4.51. The van der Waals surface area contributed by atoms with Crippen LogP contribution in [0.15, 0.2) is 58.5 Å². The maximum absolute atomic E-state index is 11.1. The fourth-order valence-electron chi connectivity index (χ4n) is 1.57. The summed E-state index contributed by atoms with van der Waals surface area (Å²) in [5.74, 6) is 0. The molecule has 5 nitrogen and oxygen atoms in total. The average molecular weight is 519 g/mol. The van der Waals surface area contributed by atoms with Crippen LogP contribution in [-0.4, -0.2) is 23.4 Å². The smallest absolute Gasteiger partial charge is 0.263 e. The van der Waals surface area contributed by atoms with Crippen LogP contribution in [0.5, 0.6) is 0 Å². The first kappa shape index (κ1) is 17.0. The third kappa shape index (κ3) is 4.83. The molecule has 0 saturated carbocycles. The number of para-hydroxylation sites is 2. The van der Waals surface area contributed by atoms with Crippen molar-refractivity contribution in [1.82, 2.24) is 0 Å². The number of hydrogen-bond acceptors (Lipinski definition) is 4. The molecule has 0 heterocycles. The molecule has 0 saturated heterocycles. The van der Waals surface area contributed by atoms with Gasteiger partial charge in [0.1, 0.15) is 0 Å². The first-order chi connectivity index (χ1) is 10.6. The lowest BCUT2D eigenvalue weighted by Gasteiger charge is -2.00. The monoisotopic (exact) mass is 519 g/mol. The Kier molecular flexibility index (Phi) is 6.43. The fourth-order valence-corrected chi connectivity index (χ4v) is 2.63. The topological polar surface area (TPSA) is 67.9 Å².